The van der Waals surface area contributed by atoms with Gasteiger partial charge in [-0.25, -0.2) is 0 Å². The second kappa shape index (κ2) is 8.35. The summed E-state index contributed by atoms with van der Waals surface area (Å²) < 4.78 is 22.2. The van der Waals surface area contributed by atoms with E-state index in [4.69, 9.17) is 4.11 Å². The Morgan fingerprint density at radius 3 is 2.45 bits per heavy atom. The molecule has 0 rings (SSSR count). The molecule has 0 aliphatic heterocycles. The molecule has 2 unspecified atom stereocenters. The van der Waals surface area contributed by atoms with E-state index in [0.717, 1.165) is 5.75 Å². The van der Waals surface area contributed by atoms with Crippen LogP contribution in [-0.2, 0) is 0 Å². The molecule has 0 saturated heterocycles. The van der Waals surface area contributed by atoms with Gasteiger partial charge in [-0.05, 0) is 0 Å². The molecule has 0 aliphatic rings. The minimum atomic E-state index is -1.91. The van der Waals surface area contributed by atoms with Crippen LogP contribution < -0.4 is 0 Å². The SMILES string of the molecule is [2H]C([2H])(S)C([2H])(S)CSCC(S)CS. The average molecular weight is 250 g/mol. The predicted molar refractivity (Wildman–Crippen MR) is 70.6 cm³/mol. The van der Waals surface area contributed by atoms with Crippen LogP contribution >= 0.6 is 62.3 Å². The van der Waals surface area contributed by atoms with Crippen molar-refractivity contribution in [2.75, 3.05) is 23.0 Å². The number of thiol groups is 4. The summed E-state index contributed by atoms with van der Waals surface area (Å²) in [5.41, 5.74) is -1.91. The fraction of sp³-hybridized carbons (Fsp3) is 1.00. The van der Waals surface area contributed by atoms with Crippen molar-refractivity contribution in [3.63, 3.8) is 0 Å². The van der Waals surface area contributed by atoms with E-state index in [9.17, 15) is 0 Å². The first-order valence-corrected chi connectivity index (χ1v) is 6.22. The van der Waals surface area contributed by atoms with Crippen molar-refractivity contribution < 1.29 is 4.11 Å². The standard InChI is InChI=1S/C6H14S5/c7-1-5(9)3-11-4-6(10)2-8/h5-10H,1-4H2/i1D2,5D. The van der Waals surface area contributed by atoms with Crippen molar-refractivity contribution in [3.05, 3.63) is 0 Å². The molecule has 0 aromatic rings. The van der Waals surface area contributed by atoms with Crippen LogP contribution in [0.2, 0.25) is 0 Å². The van der Waals surface area contributed by atoms with Crippen molar-refractivity contribution in [1.82, 2.24) is 0 Å². The molecule has 0 aliphatic carbocycles. The zero-order chi connectivity index (χ0) is 11.4. The van der Waals surface area contributed by atoms with Crippen LogP contribution in [0.15, 0.2) is 0 Å². The van der Waals surface area contributed by atoms with Gasteiger partial charge in [0.1, 0.15) is 0 Å². The van der Waals surface area contributed by atoms with Gasteiger partial charge >= 0.3 is 0 Å². The van der Waals surface area contributed by atoms with Crippen molar-refractivity contribution in [2.24, 2.45) is 0 Å². The zero-order valence-electron chi connectivity index (χ0n) is 8.90. The molecule has 0 nitrogen and oxygen atoms in total. The van der Waals surface area contributed by atoms with E-state index in [1.54, 1.807) is 0 Å². The molecule has 0 bridgehead atoms. The molecule has 0 aromatic heterocycles. The summed E-state index contributed by atoms with van der Waals surface area (Å²) in [6.07, 6.45) is 0. The molecule has 68 valence electrons. The lowest BCUT2D eigenvalue weighted by atomic mass is 10.5. The van der Waals surface area contributed by atoms with Crippen LogP contribution in [0.3, 0.4) is 0 Å². The van der Waals surface area contributed by atoms with E-state index in [1.807, 2.05) is 0 Å². The molecule has 0 heterocycles. The molecular weight excluding hydrogens is 232 g/mol. The highest BCUT2D eigenvalue weighted by Crippen LogP contribution is 2.13. The van der Waals surface area contributed by atoms with Crippen molar-refractivity contribution in [2.45, 2.75) is 10.5 Å². The quantitative estimate of drug-likeness (QED) is 0.524. The summed E-state index contributed by atoms with van der Waals surface area (Å²) >= 11 is 17.4. The average Bonchev–Trinajstić information content (AvgIpc) is 2.01. The maximum atomic E-state index is 7.63. The minimum Gasteiger partial charge on any atom is -0.178 e. The van der Waals surface area contributed by atoms with E-state index in [-0.39, 0.29) is 11.0 Å². The second-order valence-electron chi connectivity index (χ2n) is 1.91. The molecule has 2 atom stereocenters. The van der Waals surface area contributed by atoms with Gasteiger partial charge in [0, 0.05) is 37.6 Å². The zero-order valence-corrected chi connectivity index (χ0v) is 10.3. The Morgan fingerprint density at radius 2 is 2.00 bits per heavy atom. The van der Waals surface area contributed by atoms with E-state index in [0.29, 0.717) is 5.75 Å². The molecule has 5 heteroatoms. The number of rotatable bonds is 6. The molecule has 0 fully saturated rings. The summed E-state index contributed by atoms with van der Waals surface area (Å²) in [5.74, 6) is 1.68. The van der Waals surface area contributed by atoms with Gasteiger partial charge in [0.25, 0.3) is 0 Å². The Balaban J connectivity index is 3.89. The second-order valence-corrected chi connectivity index (χ2v) is 4.80. The molecule has 0 saturated carbocycles. The first kappa shape index (κ1) is 8.09. The highest BCUT2D eigenvalue weighted by atomic mass is 32.2. The third kappa shape index (κ3) is 8.09. The third-order valence-corrected chi connectivity index (χ3v) is 4.29. The van der Waals surface area contributed by atoms with Crippen LogP contribution in [0.4, 0.5) is 0 Å². The summed E-state index contributed by atoms with van der Waals surface area (Å²) in [7, 11) is 0. The van der Waals surface area contributed by atoms with Gasteiger partial charge in [0.15, 0.2) is 0 Å². The summed E-state index contributed by atoms with van der Waals surface area (Å²) in [5, 5.41) is -1.32. The normalized spacial score (nSPS) is 24.5. The number of hydrogen-bond donors (Lipinski definition) is 4. The lowest BCUT2D eigenvalue weighted by Gasteiger charge is -2.09. The van der Waals surface area contributed by atoms with Gasteiger partial charge in [-0.2, -0.15) is 62.3 Å². The maximum Gasteiger partial charge on any atom is 0.0431 e. The molecule has 0 amide bonds. The molecular formula is C6H14S5. The van der Waals surface area contributed by atoms with Crippen molar-refractivity contribution >= 4 is 62.3 Å². The Labute approximate surface area is 99.5 Å². The Kier molecular flexibility index (Phi) is 6.14. The van der Waals surface area contributed by atoms with E-state index < -0.39 is 10.9 Å². The predicted octanol–water partition coefficient (Wildman–Crippen LogP) is 2.18. The van der Waals surface area contributed by atoms with Gasteiger partial charge < -0.3 is 0 Å². The summed E-state index contributed by atoms with van der Waals surface area (Å²) in [6, 6.07) is 0. The first-order valence-electron chi connectivity index (χ1n) is 4.52. The smallest absolute Gasteiger partial charge is 0.0431 e. The van der Waals surface area contributed by atoms with Crippen LogP contribution in [0.1, 0.15) is 4.11 Å². The molecule has 0 aromatic carbocycles. The summed E-state index contributed by atoms with van der Waals surface area (Å²) in [6.45, 7) is 0. The van der Waals surface area contributed by atoms with E-state index in [1.165, 1.54) is 11.8 Å². The molecule has 0 radical (unpaired) electrons. The molecule has 0 N–H and O–H groups in total. The Hall–Kier alpha value is 1.75. The lowest BCUT2D eigenvalue weighted by molar-refractivity contribution is 1.13. The minimum absolute atomic E-state index is 0.165. The van der Waals surface area contributed by atoms with E-state index >= 15 is 0 Å². The topological polar surface area (TPSA) is 0 Å². The van der Waals surface area contributed by atoms with Crippen LogP contribution in [0, 0.1) is 0 Å². The fourth-order valence-electron chi connectivity index (χ4n) is 0.377. The highest BCUT2D eigenvalue weighted by Gasteiger charge is 2.03. The lowest BCUT2D eigenvalue weighted by Crippen LogP contribution is -2.09. The van der Waals surface area contributed by atoms with Gasteiger partial charge in [0.05, 0.1) is 0 Å². The Morgan fingerprint density at radius 1 is 1.36 bits per heavy atom. The third-order valence-electron chi connectivity index (χ3n) is 0.889. The van der Waals surface area contributed by atoms with Gasteiger partial charge in [-0.1, -0.05) is 0 Å². The van der Waals surface area contributed by atoms with Crippen molar-refractivity contribution in [1.29, 1.82) is 0 Å². The van der Waals surface area contributed by atoms with Gasteiger partial charge in [-0.3, -0.25) is 0 Å². The van der Waals surface area contributed by atoms with Crippen LogP contribution in [0.5, 0.6) is 0 Å². The van der Waals surface area contributed by atoms with Gasteiger partial charge in [0.2, 0.25) is 0 Å². The summed E-state index contributed by atoms with van der Waals surface area (Å²) in [4.78, 5) is 0. The van der Waals surface area contributed by atoms with Gasteiger partial charge in [-0.15, -0.1) is 0 Å². The van der Waals surface area contributed by atoms with Crippen LogP contribution in [0.25, 0.3) is 0 Å². The largest absolute Gasteiger partial charge is 0.178 e. The maximum absolute atomic E-state index is 7.63. The monoisotopic (exact) mass is 249 g/mol. The number of hydrogen-bond acceptors (Lipinski definition) is 5. The van der Waals surface area contributed by atoms with Crippen molar-refractivity contribution in [3.8, 4) is 0 Å². The number of thioether (sulfide) groups is 1. The molecule has 11 heavy (non-hydrogen) atoms. The van der Waals surface area contributed by atoms with E-state index in [2.05, 4.69) is 50.5 Å². The molecule has 0 spiro atoms. The first-order chi connectivity index (χ1) is 6.20. The Bertz CT molecular complexity index is 169. The van der Waals surface area contributed by atoms with Crippen LogP contribution in [-0.4, -0.2) is 33.4 Å². The highest BCUT2D eigenvalue weighted by molar-refractivity contribution is 8.01. The fourth-order valence-corrected chi connectivity index (χ4v) is 2.23.